The van der Waals surface area contributed by atoms with Crippen molar-refractivity contribution >= 4 is 51.2 Å². The van der Waals surface area contributed by atoms with Crippen LogP contribution >= 0.6 is 0 Å². The van der Waals surface area contributed by atoms with Crippen LogP contribution in [-0.4, -0.2) is 59.6 Å². The van der Waals surface area contributed by atoms with Gasteiger partial charge in [-0.05, 0) is 0 Å². The molecule has 0 bridgehead atoms. The Kier molecular flexibility index (Phi) is 14.7. The molecule has 31 heteroatoms. The molecule has 3 N–H and O–H groups in total. The average Bonchev–Trinajstić information content (AvgIpc) is 2.96. The van der Waals surface area contributed by atoms with Gasteiger partial charge in [-0.2, -0.15) is 0 Å². The van der Waals surface area contributed by atoms with E-state index in [0.717, 1.165) is 0 Å². The van der Waals surface area contributed by atoms with Crippen LogP contribution in [0, 0.1) is 132 Å². The fourth-order valence-corrected chi connectivity index (χ4v) is 2.92. The van der Waals surface area contributed by atoms with Crippen LogP contribution < -0.4 is 0 Å². The maximum atomic E-state index is 10.4. The van der Waals surface area contributed by atoms with Crippen molar-refractivity contribution in [3.63, 3.8) is 0 Å². The third kappa shape index (κ3) is 10.5. The number of phenolic OH excluding ortho intramolecular Hbond substituents is 3. The van der Waals surface area contributed by atoms with E-state index in [9.17, 15) is 91.0 Å². The van der Waals surface area contributed by atoms with Crippen LogP contribution in [0.15, 0.2) is 36.4 Å². The van der Waals surface area contributed by atoms with E-state index in [2.05, 4.69) is 0 Å². The molecule has 0 unspecified atom stereocenters. The van der Waals surface area contributed by atoms with Gasteiger partial charge in [0, 0.05) is 41.3 Å². The van der Waals surface area contributed by atoms with Crippen molar-refractivity contribution in [2.45, 2.75) is 0 Å². The molecule has 0 saturated heterocycles. The normalized spacial score (nSPS) is 9.55. The second-order valence-electron chi connectivity index (χ2n) is 7.81. The van der Waals surface area contributed by atoms with Crippen LogP contribution in [0.1, 0.15) is 0 Å². The van der Waals surface area contributed by atoms with Crippen molar-refractivity contribution in [2.75, 3.05) is 0 Å². The third-order valence-corrected chi connectivity index (χ3v) is 4.98. The van der Waals surface area contributed by atoms with E-state index in [1.165, 1.54) is 0 Å². The Bertz CT molecular complexity index is 1610. The Morgan fingerprint density at radius 1 is 0.306 bits per heavy atom. The van der Waals surface area contributed by atoms with Crippen molar-refractivity contribution < 1.29 is 101 Å². The minimum absolute atomic E-state index is 0. The smallest absolute Gasteiger partial charge is 0.324 e. The number of nitro groups is 9. The topological polar surface area (TPSA) is 449 Å². The fourth-order valence-electron chi connectivity index (χ4n) is 2.92. The van der Waals surface area contributed by atoms with Gasteiger partial charge in [0.15, 0.2) is 0 Å². The molecule has 0 aliphatic rings. The number of non-ortho nitro benzene ring substituents is 3. The summed E-state index contributed by atoms with van der Waals surface area (Å²) in [6, 6.07) is 2.68. The van der Waals surface area contributed by atoms with E-state index in [-0.39, 0.29) is 41.3 Å². The summed E-state index contributed by atoms with van der Waals surface area (Å²) in [5.74, 6) is -3.62. The van der Waals surface area contributed by atoms with Gasteiger partial charge in [-0.25, -0.2) is 0 Å². The molecule has 0 fully saturated rings. The van der Waals surface area contributed by atoms with Crippen LogP contribution in [-0.2, 0) is 0 Å². The van der Waals surface area contributed by atoms with Crippen LogP contribution in [0.3, 0.4) is 0 Å². The number of nitrogens with zero attached hydrogens (tertiary/aromatic N) is 9. The van der Waals surface area contributed by atoms with Crippen molar-refractivity contribution in [3.8, 4) is 17.2 Å². The Hall–Kier alpha value is -6.98. The van der Waals surface area contributed by atoms with Crippen molar-refractivity contribution in [2.24, 2.45) is 0 Å². The number of aromatic hydroxyl groups is 3. The molecule has 0 saturated carbocycles. The van der Waals surface area contributed by atoms with Gasteiger partial charge in [-0.1, -0.05) is 0 Å². The summed E-state index contributed by atoms with van der Waals surface area (Å²) >= 11 is 0. The number of benzene rings is 3. The average molecular weight is 828 g/mol. The number of phenols is 3. The van der Waals surface area contributed by atoms with Gasteiger partial charge in [-0.3, -0.25) is 91.0 Å². The molecule has 1 radical (unpaired) electrons. The predicted octanol–water partition coefficient (Wildman–Crippen LogP) is 3.35. The van der Waals surface area contributed by atoms with Crippen LogP contribution in [0.5, 0.6) is 17.2 Å². The summed E-state index contributed by atoms with van der Waals surface area (Å²) in [5.41, 5.74) is -9.01. The zero-order chi connectivity index (χ0) is 37.4. The minimum Gasteiger partial charge on any atom is -0.497 e. The second-order valence-corrected chi connectivity index (χ2v) is 7.81. The third-order valence-electron chi connectivity index (χ3n) is 4.98. The predicted molar refractivity (Wildman–Crippen MR) is 144 cm³/mol. The first kappa shape index (κ1) is 42.0. The molecule has 3 aromatic rings. The fraction of sp³-hybridized carbons (Fsp3) is 0. The number of rotatable bonds is 9. The minimum atomic E-state index is -1.21. The van der Waals surface area contributed by atoms with Gasteiger partial charge in [0.25, 0.3) is 34.3 Å². The van der Waals surface area contributed by atoms with Crippen LogP contribution in [0.25, 0.3) is 0 Å². The van der Waals surface area contributed by atoms with E-state index < -0.39 is 113 Å². The second kappa shape index (κ2) is 17.1. The molecule has 3 aromatic carbocycles. The maximum Gasteiger partial charge on any atom is 0.324 e. The first-order valence-corrected chi connectivity index (χ1v) is 10.9. The zero-order valence-corrected chi connectivity index (χ0v) is 26.5. The molecule has 255 valence electrons. The van der Waals surface area contributed by atoms with Gasteiger partial charge in [0.05, 0.1) is 80.7 Å². The van der Waals surface area contributed by atoms with Gasteiger partial charge in [-0.15, -0.1) is 0 Å². The molecule has 0 heterocycles. The van der Waals surface area contributed by atoms with Gasteiger partial charge < -0.3 is 15.3 Å². The first-order chi connectivity index (χ1) is 22.0. The molecular formula is C18H9N9O21Pr. The summed E-state index contributed by atoms with van der Waals surface area (Å²) in [6.07, 6.45) is 0. The first-order valence-electron chi connectivity index (χ1n) is 10.9. The SMILES string of the molecule is O=[N+]([O-])c1cc([N+](=O)[O-])c(O)c([N+](=O)[O-])c1.O=[N+]([O-])c1cc([N+](=O)[O-])c(O)c([N+](=O)[O-])c1.O=[N+]([O-])c1cc([N+](=O)[O-])c(O)c([N+](=O)[O-])c1.[Pr]. The summed E-state index contributed by atoms with van der Waals surface area (Å²) < 4.78 is 0. The Labute approximate surface area is 295 Å². The zero-order valence-electron chi connectivity index (χ0n) is 22.8. The molecule has 0 aliphatic carbocycles. The van der Waals surface area contributed by atoms with E-state index >= 15 is 0 Å². The molecule has 0 aliphatic heterocycles. The summed E-state index contributed by atoms with van der Waals surface area (Å²) in [4.78, 5) is 83.3. The van der Waals surface area contributed by atoms with Gasteiger partial charge in [0.2, 0.25) is 0 Å². The van der Waals surface area contributed by atoms with E-state index in [1.807, 2.05) is 0 Å². The standard InChI is InChI=1S/3C6H3N3O7.Pr/c3*10-6-4(8(13)14)1-3(7(11)12)2-5(6)9(15)16;/h3*1-2,10H;. The van der Waals surface area contributed by atoms with Gasteiger partial charge >= 0.3 is 34.1 Å². The number of hydrogen-bond acceptors (Lipinski definition) is 21. The molecule has 49 heavy (non-hydrogen) atoms. The molecule has 30 nitrogen and oxygen atoms in total. The van der Waals surface area contributed by atoms with E-state index in [1.54, 1.807) is 0 Å². The maximum absolute atomic E-state index is 10.4. The molecule has 0 spiro atoms. The molecule has 0 amide bonds. The quantitative estimate of drug-likeness (QED) is 0.205. The van der Waals surface area contributed by atoms with Crippen LogP contribution in [0.2, 0.25) is 0 Å². The van der Waals surface area contributed by atoms with Crippen molar-refractivity contribution in [3.05, 3.63) is 127 Å². The van der Waals surface area contributed by atoms with Crippen molar-refractivity contribution in [1.29, 1.82) is 0 Å². The van der Waals surface area contributed by atoms with Crippen LogP contribution in [0.4, 0.5) is 51.2 Å². The molecule has 3 rings (SSSR count). The van der Waals surface area contributed by atoms with Crippen molar-refractivity contribution in [1.82, 2.24) is 0 Å². The Morgan fingerprint density at radius 2 is 0.429 bits per heavy atom. The summed E-state index contributed by atoms with van der Waals surface area (Å²) in [5, 5.41) is 121. The van der Waals surface area contributed by atoms with Gasteiger partial charge in [0.1, 0.15) is 0 Å². The Balaban J connectivity index is 0.000000698. The van der Waals surface area contributed by atoms with E-state index in [0.29, 0.717) is 36.4 Å². The molecule has 0 atom stereocenters. The Morgan fingerprint density at radius 3 is 0.510 bits per heavy atom. The number of hydrogen-bond donors (Lipinski definition) is 3. The largest absolute Gasteiger partial charge is 0.497 e. The van der Waals surface area contributed by atoms with E-state index in [4.69, 9.17) is 15.3 Å². The monoisotopic (exact) mass is 828 g/mol. The summed E-state index contributed by atoms with van der Waals surface area (Å²) in [7, 11) is 0. The number of nitro benzene ring substituents is 9. The molecule has 0 aromatic heterocycles. The summed E-state index contributed by atoms with van der Waals surface area (Å²) in [6.45, 7) is 0. The molecular weight excluding hydrogens is 819 g/mol.